The summed E-state index contributed by atoms with van der Waals surface area (Å²) < 4.78 is 0. The average molecular weight is 261 g/mol. The van der Waals surface area contributed by atoms with E-state index >= 15 is 0 Å². The van der Waals surface area contributed by atoms with Gasteiger partial charge in [-0.2, -0.15) is 0 Å². The number of pyridine rings is 1. The van der Waals surface area contributed by atoms with Crippen molar-refractivity contribution in [3.63, 3.8) is 0 Å². The summed E-state index contributed by atoms with van der Waals surface area (Å²) >= 11 is 1.66. The number of rotatable bonds is 3. The average Bonchev–Trinajstić information content (AvgIpc) is 2.78. The summed E-state index contributed by atoms with van der Waals surface area (Å²) in [6.45, 7) is 8.97. The van der Waals surface area contributed by atoms with E-state index in [1.54, 1.807) is 17.5 Å². The monoisotopic (exact) mass is 261 g/mol. The molecule has 2 rings (SSSR count). The maximum atomic E-state index is 4.36. The summed E-state index contributed by atoms with van der Waals surface area (Å²) in [5.74, 6) is 0.451. The van der Waals surface area contributed by atoms with Crippen molar-refractivity contribution >= 4 is 11.3 Å². The molecule has 0 aliphatic rings. The van der Waals surface area contributed by atoms with Gasteiger partial charge in [0.15, 0.2) is 5.01 Å². The van der Waals surface area contributed by atoms with E-state index in [9.17, 15) is 0 Å². The first-order valence-electron chi connectivity index (χ1n) is 6.27. The molecule has 0 bridgehead atoms. The van der Waals surface area contributed by atoms with Crippen LogP contribution in [-0.4, -0.2) is 15.2 Å². The van der Waals surface area contributed by atoms with E-state index in [0.717, 1.165) is 22.1 Å². The van der Waals surface area contributed by atoms with E-state index < -0.39 is 0 Å². The number of hydrogen-bond donors (Lipinski definition) is 0. The molecule has 2 aromatic rings. The Bertz CT molecular complexity index is 499. The SMILES string of the molecule is CC[C@@H](c1nnc(-c2ccccn2)s1)C(C)(C)C. The minimum Gasteiger partial charge on any atom is -0.254 e. The molecule has 0 spiro atoms. The van der Waals surface area contributed by atoms with E-state index in [-0.39, 0.29) is 5.41 Å². The van der Waals surface area contributed by atoms with Gasteiger partial charge >= 0.3 is 0 Å². The maximum absolute atomic E-state index is 4.36. The van der Waals surface area contributed by atoms with Gasteiger partial charge < -0.3 is 0 Å². The molecule has 0 aliphatic carbocycles. The van der Waals surface area contributed by atoms with Crippen LogP contribution >= 0.6 is 11.3 Å². The Hall–Kier alpha value is -1.29. The minimum absolute atomic E-state index is 0.218. The molecular formula is C14H19N3S. The van der Waals surface area contributed by atoms with Crippen molar-refractivity contribution in [1.29, 1.82) is 0 Å². The van der Waals surface area contributed by atoms with Crippen LogP contribution < -0.4 is 0 Å². The molecule has 96 valence electrons. The first-order chi connectivity index (χ1) is 8.52. The molecule has 1 atom stereocenters. The highest BCUT2D eigenvalue weighted by Crippen LogP contribution is 2.39. The van der Waals surface area contributed by atoms with Crippen molar-refractivity contribution in [3.8, 4) is 10.7 Å². The molecular weight excluding hydrogens is 242 g/mol. The minimum atomic E-state index is 0.218. The number of nitrogens with zero attached hydrogens (tertiary/aromatic N) is 3. The lowest BCUT2D eigenvalue weighted by atomic mass is 9.80. The summed E-state index contributed by atoms with van der Waals surface area (Å²) in [7, 11) is 0. The van der Waals surface area contributed by atoms with Crippen LogP contribution in [0.15, 0.2) is 24.4 Å². The first kappa shape index (κ1) is 13.1. The summed E-state index contributed by atoms with van der Waals surface area (Å²) in [5.41, 5.74) is 1.13. The lowest BCUT2D eigenvalue weighted by Crippen LogP contribution is -2.17. The predicted molar refractivity (Wildman–Crippen MR) is 75.6 cm³/mol. The Kier molecular flexibility index (Phi) is 3.76. The standard InChI is InChI=1S/C14H19N3S/c1-5-10(14(2,3)4)12-16-17-13(18-12)11-8-6-7-9-15-11/h6-10H,5H2,1-4H3/t10-/m0/s1. The van der Waals surface area contributed by atoms with Crippen molar-refractivity contribution in [3.05, 3.63) is 29.4 Å². The van der Waals surface area contributed by atoms with Crippen LogP contribution in [0.25, 0.3) is 10.7 Å². The molecule has 2 heterocycles. The van der Waals surface area contributed by atoms with Crippen LogP contribution in [0.1, 0.15) is 45.0 Å². The van der Waals surface area contributed by atoms with Gasteiger partial charge in [0.05, 0.1) is 0 Å². The first-order valence-corrected chi connectivity index (χ1v) is 7.09. The predicted octanol–water partition coefficient (Wildman–Crippen LogP) is 4.14. The van der Waals surface area contributed by atoms with Crippen LogP contribution in [0.4, 0.5) is 0 Å². The second kappa shape index (κ2) is 5.14. The zero-order valence-corrected chi connectivity index (χ0v) is 12.2. The Morgan fingerprint density at radius 2 is 2.00 bits per heavy atom. The Labute approximate surface area is 112 Å². The summed E-state index contributed by atoms with van der Waals surface area (Å²) in [4.78, 5) is 4.32. The van der Waals surface area contributed by atoms with Crippen molar-refractivity contribution in [1.82, 2.24) is 15.2 Å². The molecule has 0 fully saturated rings. The molecule has 0 aliphatic heterocycles. The van der Waals surface area contributed by atoms with Crippen LogP contribution in [0.5, 0.6) is 0 Å². The maximum Gasteiger partial charge on any atom is 0.166 e. The quantitative estimate of drug-likeness (QED) is 0.833. The highest BCUT2D eigenvalue weighted by molar-refractivity contribution is 7.14. The normalized spacial score (nSPS) is 13.6. The van der Waals surface area contributed by atoms with Gasteiger partial charge in [-0.05, 0) is 24.0 Å². The van der Waals surface area contributed by atoms with Gasteiger partial charge in [0.25, 0.3) is 0 Å². The molecule has 0 saturated heterocycles. The van der Waals surface area contributed by atoms with E-state index in [1.807, 2.05) is 18.2 Å². The molecule has 0 unspecified atom stereocenters. The van der Waals surface area contributed by atoms with Crippen LogP contribution in [0, 0.1) is 5.41 Å². The smallest absolute Gasteiger partial charge is 0.166 e. The topological polar surface area (TPSA) is 38.7 Å². The molecule has 0 amide bonds. The second-order valence-electron chi connectivity index (χ2n) is 5.49. The molecule has 3 nitrogen and oxygen atoms in total. The van der Waals surface area contributed by atoms with Crippen LogP contribution in [-0.2, 0) is 0 Å². The van der Waals surface area contributed by atoms with Crippen molar-refractivity contribution in [2.45, 2.75) is 40.0 Å². The zero-order valence-electron chi connectivity index (χ0n) is 11.3. The van der Waals surface area contributed by atoms with E-state index in [2.05, 4.69) is 42.9 Å². The fraction of sp³-hybridized carbons (Fsp3) is 0.500. The molecule has 4 heteroatoms. The van der Waals surface area contributed by atoms with Gasteiger partial charge in [-0.15, -0.1) is 10.2 Å². The van der Waals surface area contributed by atoms with Gasteiger partial charge in [0.1, 0.15) is 10.7 Å². The summed E-state index contributed by atoms with van der Waals surface area (Å²) in [6, 6.07) is 5.86. The van der Waals surface area contributed by atoms with Gasteiger partial charge in [-0.25, -0.2) is 0 Å². The third-order valence-corrected chi connectivity index (χ3v) is 4.14. The van der Waals surface area contributed by atoms with Gasteiger partial charge in [-0.1, -0.05) is 45.1 Å². The lowest BCUT2D eigenvalue weighted by Gasteiger charge is -2.27. The van der Waals surface area contributed by atoms with Gasteiger partial charge in [0, 0.05) is 12.1 Å². The molecule has 0 aromatic carbocycles. The van der Waals surface area contributed by atoms with Crippen molar-refractivity contribution < 1.29 is 0 Å². The van der Waals surface area contributed by atoms with Crippen LogP contribution in [0.2, 0.25) is 0 Å². The largest absolute Gasteiger partial charge is 0.254 e. The highest BCUT2D eigenvalue weighted by atomic mass is 32.1. The van der Waals surface area contributed by atoms with Gasteiger partial charge in [-0.3, -0.25) is 4.98 Å². The molecule has 0 saturated carbocycles. The van der Waals surface area contributed by atoms with E-state index in [0.29, 0.717) is 5.92 Å². The fourth-order valence-corrected chi connectivity index (χ4v) is 3.37. The summed E-state index contributed by atoms with van der Waals surface area (Å²) in [5, 5.41) is 10.7. The van der Waals surface area contributed by atoms with Gasteiger partial charge in [0.2, 0.25) is 0 Å². The Balaban J connectivity index is 2.31. The molecule has 0 N–H and O–H groups in total. The molecule has 0 radical (unpaired) electrons. The number of hydrogen-bond acceptors (Lipinski definition) is 4. The third kappa shape index (κ3) is 2.75. The van der Waals surface area contributed by atoms with Crippen molar-refractivity contribution in [2.75, 3.05) is 0 Å². The Morgan fingerprint density at radius 3 is 2.56 bits per heavy atom. The molecule has 18 heavy (non-hydrogen) atoms. The lowest BCUT2D eigenvalue weighted by molar-refractivity contribution is 0.310. The zero-order chi connectivity index (χ0) is 13.2. The van der Waals surface area contributed by atoms with E-state index in [1.165, 1.54) is 0 Å². The molecule has 2 aromatic heterocycles. The summed E-state index contributed by atoms with van der Waals surface area (Å²) in [6.07, 6.45) is 2.87. The second-order valence-corrected chi connectivity index (χ2v) is 6.50. The number of aromatic nitrogens is 3. The van der Waals surface area contributed by atoms with Crippen molar-refractivity contribution in [2.24, 2.45) is 5.41 Å². The third-order valence-electron chi connectivity index (χ3n) is 3.08. The van der Waals surface area contributed by atoms with E-state index in [4.69, 9.17) is 0 Å². The van der Waals surface area contributed by atoms with Crippen LogP contribution in [0.3, 0.4) is 0 Å². The fourth-order valence-electron chi connectivity index (χ4n) is 2.13. The highest BCUT2D eigenvalue weighted by Gasteiger charge is 2.28. The Morgan fingerprint density at radius 1 is 1.22 bits per heavy atom.